The molecule has 0 aliphatic carbocycles. The number of carbonyl (C=O) groups excluding carboxylic acids is 2. The molecular weight excluding hydrogens is 605 g/mol. The van der Waals surface area contributed by atoms with Crippen LogP contribution in [-0.4, -0.2) is 82.8 Å². The lowest BCUT2D eigenvalue weighted by molar-refractivity contribution is -0.137. The van der Waals surface area contributed by atoms with Crippen molar-refractivity contribution in [2.45, 2.75) is 19.5 Å². The molecule has 3 aromatic carbocycles. The van der Waals surface area contributed by atoms with Gasteiger partial charge in [0.1, 0.15) is 0 Å². The summed E-state index contributed by atoms with van der Waals surface area (Å²) in [5, 5.41) is 0. The third kappa shape index (κ3) is 7.67. The van der Waals surface area contributed by atoms with E-state index in [1.165, 1.54) is 46.6 Å². The molecule has 0 unspecified atom stereocenters. The number of ether oxygens (including phenoxy) is 5. The predicted octanol–water partition coefficient (Wildman–Crippen LogP) is 5.94. The van der Waals surface area contributed by atoms with Crippen LogP contribution in [0, 0.1) is 0 Å². The molecule has 0 radical (unpaired) electrons. The minimum absolute atomic E-state index is 0.212. The molecule has 9 nitrogen and oxygen atoms in total. The Bertz CT molecular complexity index is 1560. The van der Waals surface area contributed by atoms with E-state index in [9.17, 15) is 22.8 Å². The molecule has 2 amide bonds. The molecule has 1 aliphatic heterocycles. The lowest BCUT2D eigenvalue weighted by Gasteiger charge is -2.34. The standard InChI is InChI=1S/C34H37F3N2O7/c1-6-16-46-27-11-10-23(18-28(27)42-2)26(22-8-7-9-25(17-22)34(35,36)37)21-31(40)38-12-14-39(15-13-38)33(41)24-19-29(43-3)32(45-5)30(20-24)44-4/h7-11,17-21H,6,12-16H2,1-5H3/b26-21+. The molecule has 1 saturated heterocycles. The highest BCUT2D eigenvalue weighted by atomic mass is 19.4. The Morgan fingerprint density at radius 2 is 1.33 bits per heavy atom. The molecule has 1 heterocycles. The Labute approximate surface area is 266 Å². The number of rotatable bonds is 11. The fraction of sp³-hybridized carbons (Fsp3) is 0.353. The normalized spacial score (nSPS) is 13.7. The van der Waals surface area contributed by atoms with Gasteiger partial charge in [-0.3, -0.25) is 9.59 Å². The summed E-state index contributed by atoms with van der Waals surface area (Å²) in [4.78, 5) is 30.1. The van der Waals surface area contributed by atoms with E-state index in [2.05, 4.69) is 0 Å². The van der Waals surface area contributed by atoms with Gasteiger partial charge >= 0.3 is 6.18 Å². The van der Waals surface area contributed by atoms with Gasteiger partial charge in [0, 0.05) is 37.8 Å². The lowest BCUT2D eigenvalue weighted by atomic mass is 9.95. The largest absolute Gasteiger partial charge is 0.493 e. The second kappa shape index (κ2) is 14.9. The minimum Gasteiger partial charge on any atom is -0.493 e. The van der Waals surface area contributed by atoms with Crippen LogP contribution in [0.3, 0.4) is 0 Å². The van der Waals surface area contributed by atoms with E-state index < -0.39 is 17.6 Å². The molecule has 4 rings (SSSR count). The third-order valence-corrected chi connectivity index (χ3v) is 7.50. The number of alkyl halides is 3. The average molecular weight is 643 g/mol. The van der Waals surface area contributed by atoms with Crippen molar-refractivity contribution in [1.29, 1.82) is 0 Å². The smallest absolute Gasteiger partial charge is 0.416 e. The van der Waals surface area contributed by atoms with Crippen LogP contribution < -0.4 is 23.7 Å². The highest BCUT2D eigenvalue weighted by Crippen LogP contribution is 2.39. The monoisotopic (exact) mass is 642 g/mol. The van der Waals surface area contributed by atoms with E-state index in [-0.39, 0.29) is 43.2 Å². The van der Waals surface area contributed by atoms with Crippen LogP contribution in [0.5, 0.6) is 28.7 Å². The summed E-state index contributed by atoms with van der Waals surface area (Å²) in [6.07, 6.45) is -2.47. The Hall–Kier alpha value is -4.87. The van der Waals surface area contributed by atoms with Gasteiger partial charge in [-0.05, 0) is 59.5 Å². The van der Waals surface area contributed by atoms with E-state index in [4.69, 9.17) is 23.7 Å². The first-order valence-electron chi connectivity index (χ1n) is 14.6. The summed E-state index contributed by atoms with van der Waals surface area (Å²) >= 11 is 0. The Balaban J connectivity index is 1.61. The van der Waals surface area contributed by atoms with Crippen molar-refractivity contribution in [3.8, 4) is 28.7 Å². The van der Waals surface area contributed by atoms with Crippen LogP contribution in [0.2, 0.25) is 0 Å². The molecule has 3 aromatic rings. The predicted molar refractivity (Wildman–Crippen MR) is 166 cm³/mol. The summed E-state index contributed by atoms with van der Waals surface area (Å²) in [5.74, 6) is 1.23. The molecule has 0 saturated carbocycles. The fourth-order valence-electron chi connectivity index (χ4n) is 5.09. The van der Waals surface area contributed by atoms with E-state index in [0.29, 0.717) is 46.5 Å². The molecule has 246 valence electrons. The second-order valence-electron chi connectivity index (χ2n) is 10.4. The van der Waals surface area contributed by atoms with Crippen LogP contribution in [0.15, 0.2) is 60.7 Å². The van der Waals surface area contributed by atoms with Crippen LogP contribution in [0.1, 0.15) is 40.4 Å². The van der Waals surface area contributed by atoms with Gasteiger partial charge in [-0.15, -0.1) is 0 Å². The van der Waals surface area contributed by atoms with E-state index in [0.717, 1.165) is 18.6 Å². The average Bonchev–Trinajstić information content (AvgIpc) is 3.08. The summed E-state index contributed by atoms with van der Waals surface area (Å²) < 4.78 is 68.2. The Kier molecular flexibility index (Phi) is 11.0. The van der Waals surface area contributed by atoms with Gasteiger partial charge in [0.05, 0.1) is 40.6 Å². The number of carbonyl (C=O) groups is 2. The van der Waals surface area contributed by atoms with Crippen LogP contribution in [-0.2, 0) is 11.0 Å². The van der Waals surface area contributed by atoms with E-state index in [1.807, 2.05) is 6.92 Å². The van der Waals surface area contributed by atoms with Crippen LogP contribution >= 0.6 is 0 Å². The number of halogens is 3. The zero-order chi connectivity index (χ0) is 33.4. The lowest BCUT2D eigenvalue weighted by Crippen LogP contribution is -2.50. The minimum atomic E-state index is -4.57. The molecule has 46 heavy (non-hydrogen) atoms. The van der Waals surface area contributed by atoms with Crippen molar-refractivity contribution in [2.24, 2.45) is 0 Å². The van der Waals surface area contributed by atoms with E-state index in [1.54, 1.807) is 40.1 Å². The van der Waals surface area contributed by atoms with Gasteiger partial charge in [-0.2, -0.15) is 13.2 Å². The van der Waals surface area contributed by atoms with Gasteiger partial charge in [-0.25, -0.2) is 0 Å². The summed E-state index contributed by atoms with van der Waals surface area (Å²) in [7, 11) is 5.86. The zero-order valence-corrected chi connectivity index (χ0v) is 26.4. The van der Waals surface area contributed by atoms with Gasteiger partial charge in [0.2, 0.25) is 11.7 Å². The quantitative estimate of drug-likeness (QED) is 0.239. The van der Waals surface area contributed by atoms with Crippen molar-refractivity contribution >= 4 is 17.4 Å². The van der Waals surface area contributed by atoms with Gasteiger partial charge < -0.3 is 33.5 Å². The molecular formula is C34H37F3N2O7. The highest BCUT2D eigenvalue weighted by Gasteiger charge is 2.31. The molecule has 1 aliphatic rings. The van der Waals surface area contributed by atoms with Crippen molar-refractivity contribution in [3.63, 3.8) is 0 Å². The number of methoxy groups -OCH3 is 4. The summed E-state index contributed by atoms with van der Waals surface area (Å²) in [6, 6.07) is 13.0. The van der Waals surface area contributed by atoms with Gasteiger partial charge in [0.15, 0.2) is 23.0 Å². The number of piperazine rings is 1. The molecule has 1 fully saturated rings. The van der Waals surface area contributed by atoms with Crippen LogP contribution in [0.25, 0.3) is 5.57 Å². The van der Waals surface area contributed by atoms with Gasteiger partial charge in [-0.1, -0.05) is 25.1 Å². The maximum atomic E-state index is 13.6. The molecule has 0 aromatic heterocycles. The number of benzene rings is 3. The van der Waals surface area contributed by atoms with Crippen molar-refractivity contribution in [1.82, 2.24) is 9.80 Å². The SMILES string of the molecule is CCCOc1ccc(/C(=C/C(=O)N2CCN(C(=O)c3cc(OC)c(OC)c(OC)c3)CC2)c2cccc(C(F)(F)F)c2)cc1OC. The van der Waals surface area contributed by atoms with E-state index >= 15 is 0 Å². The molecule has 0 N–H and O–H groups in total. The number of nitrogens with zero attached hydrogens (tertiary/aromatic N) is 2. The first-order valence-corrected chi connectivity index (χ1v) is 14.6. The first kappa shape index (κ1) is 34.0. The highest BCUT2D eigenvalue weighted by molar-refractivity contribution is 6.00. The number of amides is 2. The molecule has 0 atom stereocenters. The van der Waals surface area contributed by atoms with Crippen molar-refractivity contribution < 1.29 is 46.4 Å². The topological polar surface area (TPSA) is 86.8 Å². The first-order chi connectivity index (χ1) is 22.0. The Morgan fingerprint density at radius 3 is 1.89 bits per heavy atom. The fourth-order valence-corrected chi connectivity index (χ4v) is 5.09. The third-order valence-electron chi connectivity index (χ3n) is 7.50. The maximum Gasteiger partial charge on any atom is 0.416 e. The number of hydrogen-bond donors (Lipinski definition) is 0. The van der Waals surface area contributed by atoms with Crippen LogP contribution in [0.4, 0.5) is 13.2 Å². The summed E-state index contributed by atoms with van der Waals surface area (Å²) in [5.41, 5.74) is 0.471. The maximum absolute atomic E-state index is 13.6. The van der Waals surface area contributed by atoms with Crippen molar-refractivity contribution in [3.05, 3.63) is 82.9 Å². The van der Waals surface area contributed by atoms with Gasteiger partial charge in [0.25, 0.3) is 5.91 Å². The molecule has 12 heteroatoms. The zero-order valence-electron chi connectivity index (χ0n) is 26.4. The molecule has 0 spiro atoms. The second-order valence-corrected chi connectivity index (χ2v) is 10.4. The summed E-state index contributed by atoms with van der Waals surface area (Å²) in [6.45, 7) is 3.34. The Morgan fingerprint density at radius 1 is 0.739 bits per heavy atom. The number of hydrogen-bond acceptors (Lipinski definition) is 7. The molecule has 0 bridgehead atoms. The van der Waals surface area contributed by atoms with Crippen molar-refractivity contribution in [2.75, 3.05) is 61.2 Å².